The van der Waals surface area contributed by atoms with E-state index in [1.165, 1.54) is 0 Å². The summed E-state index contributed by atoms with van der Waals surface area (Å²) in [5.41, 5.74) is 1.61. The molecule has 1 amide bonds. The molecule has 0 aromatic heterocycles. The molecule has 1 aliphatic rings. The third kappa shape index (κ3) is 2.73. The van der Waals surface area contributed by atoms with Crippen molar-refractivity contribution >= 4 is 17.3 Å². The van der Waals surface area contributed by atoms with Gasteiger partial charge >= 0.3 is 0 Å². The molecule has 0 spiro atoms. The van der Waals surface area contributed by atoms with Crippen LogP contribution in [0.1, 0.15) is 6.42 Å². The fourth-order valence-electron chi connectivity index (χ4n) is 1.97. The Morgan fingerprint density at radius 2 is 2.33 bits per heavy atom. The van der Waals surface area contributed by atoms with E-state index in [9.17, 15) is 4.79 Å². The van der Waals surface area contributed by atoms with E-state index in [0.29, 0.717) is 13.2 Å². The summed E-state index contributed by atoms with van der Waals surface area (Å²) in [5.74, 6) is 0.726. The van der Waals surface area contributed by atoms with Gasteiger partial charge in [0.1, 0.15) is 5.75 Å². The van der Waals surface area contributed by atoms with E-state index in [1.54, 1.807) is 7.11 Å². The Hall–Kier alpha value is -1.75. The Balaban J connectivity index is 2.06. The van der Waals surface area contributed by atoms with Crippen LogP contribution < -0.4 is 15.4 Å². The van der Waals surface area contributed by atoms with Gasteiger partial charge in [0, 0.05) is 19.3 Å². The largest absolute Gasteiger partial charge is 0.495 e. The zero-order valence-corrected chi connectivity index (χ0v) is 10.7. The normalized spacial score (nSPS) is 18.4. The van der Waals surface area contributed by atoms with Gasteiger partial charge in [0.05, 0.1) is 25.3 Å². The van der Waals surface area contributed by atoms with E-state index in [4.69, 9.17) is 9.47 Å². The standard InChI is InChI=1S/C13H18N2O3/c1-14-11-7-10(3-4-12(11)17-2)15-13(16)9-5-6-18-8-9/h3-4,7,9,14H,5-6,8H2,1-2H3,(H,15,16)/t9-/m1/s1. The van der Waals surface area contributed by atoms with Gasteiger partial charge in [-0.3, -0.25) is 4.79 Å². The molecule has 1 fully saturated rings. The van der Waals surface area contributed by atoms with Crippen molar-refractivity contribution in [3.8, 4) is 5.75 Å². The first-order chi connectivity index (χ1) is 8.74. The molecule has 0 bridgehead atoms. The lowest BCUT2D eigenvalue weighted by molar-refractivity contribution is -0.119. The predicted molar refractivity (Wildman–Crippen MR) is 70.1 cm³/mol. The van der Waals surface area contributed by atoms with Crippen LogP contribution in [0.4, 0.5) is 11.4 Å². The fourth-order valence-corrected chi connectivity index (χ4v) is 1.97. The van der Waals surface area contributed by atoms with Gasteiger partial charge in [-0.1, -0.05) is 0 Å². The van der Waals surface area contributed by atoms with Crippen molar-refractivity contribution in [3.63, 3.8) is 0 Å². The first-order valence-corrected chi connectivity index (χ1v) is 5.99. The second kappa shape index (κ2) is 5.73. The topological polar surface area (TPSA) is 59.6 Å². The lowest BCUT2D eigenvalue weighted by Crippen LogP contribution is -2.22. The maximum atomic E-state index is 11.9. The van der Waals surface area contributed by atoms with Crippen molar-refractivity contribution in [2.45, 2.75) is 6.42 Å². The van der Waals surface area contributed by atoms with Crippen LogP contribution in [0.2, 0.25) is 0 Å². The van der Waals surface area contributed by atoms with Crippen LogP contribution in [0, 0.1) is 5.92 Å². The molecule has 18 heavy (non-hydrogen) atoms. The van der Waals surface area contributed by atoms with Crippen molar-refractivity contribution in [2.24, 2.45) is 5.92 Å². The Morgan fingerprint density at radius 3 is 2.94 bits per heavy atom. The summed E-state index contributed by atoms with van der Waals surface area (Å²) in [4.78, 5) is 11.9. The third-order valence-corrected chi connectivity index (χ3v) is 3.04. The van der Waals surface area contributed by atoms with Crippen LogP contribution in [-0.2, 0) is 9.53 Å². The quantitative estimate of drug-likeness (QED) is 0.854. The smallest absolute Gasteiger partial charge is 0.229 e. The molecule has 2 N–H and O–H groups in total. The van der Waals surface area contributed by atoms with Crippen LogP contribution in [0.3, 0.4) is 0 Å². The Bertz CT molecular complexity index is 428. The van der Waals surface area contributed by atoms with Gasteiger partial charge in [-0.2, -0.15) is 0 Å². The number of carbonyl (C=O) groups is 1. The molecular formula is C13H18N2O3. The van der Waals surface area contributed by atoms with E-state index >= 15 is 0 Å². The third-order valence-electron chi connectivity index (χ3n) is 3.04. The van der Waals surface area contributed by atoms with Crippen LogP contribution >= 0.6 is 0 Å². The van der Waals surface area contributed by atoms with Gasteiger partial charge in [0.25, 0.3) is 0 Å². The van der Waals surface area contributed by atoms with Crippen LogP contribution in [-0.4, -0.2) is 33.3 Å². The number of carbonyl (C=O) groups excluding carboxylic acids is 1. The summed E-state index contributed by atoms with van der Waals surface area (Å²) >= 11 is 0. The van der Waals surface area contributed by atoms with Crippen molar-refractivity contribution < 1.29 is 14.3 Å². The molecule has 0 aliphatic carbocycles. The summed E-state index contributed by atoms with van der Waals surface area (Å²) in [6.07, 6.45) is 0.793. The van der Waals surface area contributed by atoms with E-state index in [1.807, 2.05) is 25.2 Å². The molecule has 0 unspecified atom stereocenters. The molecular weight excluding hydrogens is 232 g/mol. The van der Waals surface area contributed by atoms with E-state index in [-0.39, 0.29) is 11.8 Å². The van der Waals surface area contributed by atoms with Gasteiger partial charge in [-0.15, -0.1) is 0 Å². The highest BCUT2D eigenvalue weighted by atomic mass is 16.5. The number of benzene rings is 1. The maximum absolute atomic E-state index is 11.9. The van der Waals surface area contributed by atoms with Gasteiger partial charge in [-0.05, 0) is 24.6 Å². The Morgan fingerprint density at radius 1 is 1.50 bits per heavy atom. The molecule has 1 aromatic rings. The number of anilines is 2. The highest BCUT2D eigenvalue weighted by molar-refractivity contribution is 5.93. The molecule has 0 saturated carbocycles. The molecule has 5 nitrogen and oxygen atoms in total. The fraction of sp³-hybridized carbons (Fsp3) is 0.462. The summed E-state index contributed by atoms with van der Waals surface area (Å²) in [6, 6.07) is 5.51. The predicted octanol–water partition coefficient (Wildman–Crippen LogP) is 1.71. The van der Waals surface area contributed by atoms with Crippen molar-refractivity contribution in [3.05, 3.63) is 18.2 Å². The van der Waals surface area contributed by atoms with E-state index in [0.717, 1.165) is 23.5 Å². The monoisotopic (exact) mass is 250 g/mol. The van der Waals surface area contributed by atoms with Crippen LogP contribution in [0.25, 0.3) is 0 Å². The van der Waals surface area contributed by atoms with Crippen LogP contribution in [0.5, 0.6) is 5.75 Å². The number of nitrogens with one attached hydrogen (secondary N) is 2. The number of ether oxygens (including phenoxy) is 2. The summed E-state index contributed by atoms with van der Waals surface area (Å²) < 4.78 is 10.4. The van der Waals surface area contributed by atoms with E-state index < -0.39 is 0 Å². The van der Waals surface area contributed by atoms with Crippen molar-refractivity contribution in [1.82, 2.24) is 0 Å². The maximum Gasteiger partial charge on any atom is 0.229 e. The van der Waals surface area contributed by atoms with Gasteiger partial charge < -0.3 is 20.1 Å². The lowest BCUT2D eigenvalue weighted by Gasteiger charge is -2.13. The number of hydrogen-bond donors (Lipinski definition) is 2. The molecule has 1 saturated heterocycles. The molecule has 98 valence electrons. The van der Waals surface area contributed by atoms with Crippen molar-refractivity contribution in [1.29, 1.82) is 0 Å². The first kappa shape index (κ1) is 12.7. The van der Waals surface area contributed by atoms with Gasteiger partial charge in [0.2, 0.25) is 5.91 Å². The highest BCUT2D eigenvalue weighted by Gasteiger charge is 2.23. The molecule has 0 radical (unpaired) electrons. The highest BCUT2D eigenvalue weighted by Crippen LogP contribution is 2.27. The minimum Gasteiger partial charge on any atom is -0.495 e. The Labute approximate surface area is 106 Å². The second-order valence-corrected chi connectivity index (χ2v) is 4.21. The number of hydrogen-bond acceptors (Lipinski definition) is 4. The Kier molecular flexibility index (Phi) is 4.04. The van der Waals surface area contributed by atoms with Crippen LogP contribution in [0.15, 0.2) is 18.2 Å². The SMILES string of the molecule is CNc1cc(NC(=O)[C@@H]2CCOC2)ccc1OC. The molecule has 2 rings (SSSR count). The number of methoxy groups -OCH3 is 1. The molecule has 1 aliphatic heterocycles. The average Bonchev–Trinajstić information content (AvgIpc) is 2.92. The zero-order valence-electron chi connectivity index (χ0n) is 10.7. The zero-order chi connectivity index (χ0) is 13.0. The summed E-state index contributed by atoms with van der Waals surface area (Å²) in [6.45, 7) is 1.18. The lowest BCUT2D eigenvalue weighted by atomic mass is 10.1. The molecule has 1 aromatic carbocycles. The molecule has 1 atom stereocenters. The second-order valence-electron chi connectivity index (χ2n) is 4.21. The summed E-state index contributed by atoms with van der Waals surface area (Å²) in [7, 11) is 3.43. The first-order valence-electron chi connectivity index (χ1n) is 5.99. The summed E-state index contributed by atoms with van der Waals surface area (Å²) in [5, 5.41) is 5.92. The number of rotatable bonds is 4. The van der Waals surface area contributed by atoms with Gasteiger partial charge in [-0.25, -0.2) is 0 Å². The van der Waals surface area contributed by atoms with Gasteiger partial charge in [0.15, 0.2) is 0 Å². The minimum atomic E-state index is -0.0369. The van der Waals surface area contributed by atoms with Crippen molar-refractivity contribution in [2.75, 3.05) is 38.0 Å². The van der Waals surface area contributed by atoms with E-state index in [2.05, 4.69) is 10.6 Å². The number of amides is 1. The minimum absolute atomic E-state index is 0.0136. The molecule has 1 heterocycles. The molecule has 5 heteroatoms. The average molecular weight is 250 g/mol.